The molecule has 2 aromatic rings. The summed E-state index contributed by atoms with van der Waals surface area (Å²) in [7, 11) is 0. The van der Waals surface area contributed by atoms with Crippen LogP contribution in [0.5, 0.6) is 0 Å². The van der Waals surface area contributed by atoms with E-state index in [2.05, 4.69) is 29.1 Å². The van der Waals surface area contributed by atoms with E-state index in [1.54, 1.807) is 6.20 Å². The van der Waals surface area contributed by atoms with Gasteiger partial charge in [-0.05, 0) is 36.2 Å². The maximum atomic E-state index is 9.33. The number of aromatic nitrogens is 2. The van der Waals surface area contributed by atoms with Crippen LogP contribution < -0.4 is 5.32 Å². The molecule has 0 aliphatic rings. The number of benzene rings is 1. The summed E-state index contributed by atoms with van der Waals surface area (Å²) in [4.78, 5) is 8.83. The van der Waals surface area contributed by atoms with Crippen LogP contribution in [0.25, 0.3) is 11.4 Å². The van der Waals surface area contributed by atoms with Crippen molar-refractivity contribution in [3.05, 3.63) is 47.2 Å². The molecule has 0 saturated heterocycles. The van der Waals surface area contributed by atoms with Crippen molar-refractivity contribution < 1.29 is 5.11 Å². The van der Waals surface area contributed by atoms with Gasteiger partial charge in [-0.2, -0.15) is 0 Å². The summed E-state index contributed by atoms with van der Waals surface area (Å²) in [6.07, 6.45) is 1.75. The Morgan fingerprint density at radius 2 is 1.90 bits per heavy atom. The standard InChI is InChI=1S/C16H20ClN3O/c1-11(2)15(10-21)19-9-14-7-8-18-16(20-14)12-3-5-13(17)6-4-12/h3-8,11,15,19,21H,9-10H2,1-2H3/t15-/m0/s1. The fraction of sp³-hybridized carbons (Fsp3) is 0.375. The summed E-state index contributed by atoms with van der Waals surface area (Å²) in [5.41, 5.74) is 1.83. The van der Waals surface area contributed by atoms with E-state index in [4.69, 9.17) is 11.6 Å². The van der Waals surface area contributed by atoms with Gasteiger partial charge < -0.3 is 10.4 Å². The zero-order chi connectivity index (χ0) is 15.2. The Bertz CT molecular complexity index is 572. The van der Waals surface area contributed by atoms with E-state index in [1.807, 2.05) is 30.3 Å². The number of rotatable bonds is 6. The summed E-state index contributed by atoms with van der Waals surface area (Å²) in [6, 6.07) is 9.40. The lowest BCUT2D eigenvalue weighted by Gasteiger charge is -2.19. The number of aliphatic hydroxyl groups excluding tert-OH is 1. The lowest BCUT2D eigenvalue weighted by atomic mass is 10.1. The van der Waals surface area contributed by atoms with Crippen LogP contribution in [0.15, 0.2) is 36.5 Å². The van der Waals surface area contributed by atoms with Crippen molar-refractivity contribution in [3.63, 3.8) is 0 Å². The first-order valence-corrected chi connectivity index (χ1v) is 7.40. The predicted molar refractivity (Wildman–Crippen MR) is 85.0 cm³/mol. The lowest BCUT2D eigenvalue weighted by molar-refractivity contribution is 0.209. The molecule has 0 spiro atoms. The third kappa shape index (κ3) is 4.49. The van der Waals surface area contributed by atoms with E-state index in [1.165, 1.54) is 0 Å². The van der Waals surface area contributed by atoms with Gasteiger partial charge in [0.2, 0.25) is 0 Å². The summed E-state index contributed by atoms with van der Waals surface area (Å²) < 4.78 is 0. The summed E-state index contributed by atoms with van der Waals surface area (Å²) in [5.74, 6) is 1.05. The van der Waals surface area contributed by atoms with Gasteiger partial charge in [0.05, 0.1) is 12.3 Å². The number of halogens is 1. The fourth-order valence-electron chi connectivity index (χ4n) is 1.98. The molecule has 0 bridgehead atoms. The van der Waals surface area contributed by atoms with Gasteiger partial charge in [-0.3, -0.25) is 0 Å². The van der Waals surface area contributed by atoms with E-state index in [9.17, 15) is 5.11 Å². The minimum Gasteiger partial charge on any atom is -0.395 e. The van der Waals surface area contributed by atoms with Crippen LogP contribution in [0, 0.1) is 5.92 Å². The molecule has 1 atom stereocenters. The van der Waals surface area contributed by atoms with Gasteiger partial charge in [0.15, 0.2) is 5.82 Å². The molecule has 21 heavy (non-hydrogen) atoms. The van der Waals surface area contributed by atoms with Crippen LogP contribution in [-0.4, -0.2) is 27.7 Å². The highest BCUT2D eigenvalue weighted by molar-refractivity contribution is 6.30. The van der Waals surface area contributed by atoms with Gasteiger partial charge in [-0.1, -0.05) is 25.4 Å². The highest BCUT2D eigenvalue weighted by Gasteiger charge is 2.11. The molecule has 0 aliphatic carbocycles. The van der Waals surface area contributed by atoms with Crippen molar-refractivity contribution in [1.29, 1.82) is 0 Å². The molecule has 1 heterocycles. The Kier molecular flexibility index (Phi) is 5.67. The topological polar surface area (TPSA) is 58.0 Å². The molecule has 0 unspecified atom stereocenters. The Hall–Kier alpha value is -1.49. The Morgan fingerprint density at radius 3 is 2.52 bits per heavy atom. The molecular weight excluding hydrogens is 286 g/mol. The van der Waals surface area contributed by atoms with E-state index in [0.717, 1.165) is 11.3 Å². The number of nitrogens with zero attached hydrogens (tertiary/aromatic N) is 2. The average Bonchev–Trinajstić information content (AvgIpc) is 2.48. The molecule has 1 aromatic carbocycles. The van der Waals surface area contributed by atoms with Gasteiger partial charge in [-0.25, -0.2) is 9.97 Å². The van der Waals surface area contributed by atoms with Crippen molar-refractivity contribution in [1.82, 2.24) is 15.3 Å². The second-order valence-corrected chi connectivity index (χ2v) is 5.73. The van der Waals surface area contributed by atoms with Crippen molar-refractivity contribution in [2.75, 3.05) is 6.61 Å². The van der Waals surface area contributed by atoms with Gasteiger partial charge in [0.25, 0.3) is 0 Å². The molecule has 1 aromatic heterocycles. The molecule has 0 aliphatic heterocycles. The second-order valence-electron chi connectivity index (χ2n) is 5.29. The maximum Gasteiger partial charge on any atom is 0.159 e. The van der Waals surface area contributed by atoms with Crippen molar-refractivity contribution >= 4 is 11.6 Å². The Balaban J connectivity index is 2.09. The number of nitrogens with one attached hydrogen (secondary N) is 1. The second kappa shape index (κ2) is 7.50. The molecular formula is C16H20ClN3O. The predicted octanol–water partition coefficient (Wildman–Crippen LogP) is 2.90. The van der Waals surface area contributed by atoms with Gasteiger partial charge >= 0.3 is 0 Å². The Morgan fingerprint density at radius 1 is 1.19 bits per heavy atom. The molecule has 0 amide bonds. The normalized spacial score (nSPS) is 12.6. The highest BCUT2D eigenvalue weighted by atomic mass is 35.5. The van der Waals surface area contributed by atoms with Crippen LogP contribution in [0.4, 0.5) is 0 Å². The van der Waals surface area contributed by atoms with E-state index < -0.39 is 0 Å². The molecule has 4 nitrogen and oxygen atoms in total. The van der Waals surface area contributed by atoms with Crippen molar-refractivity contribution in [3.8, 4) is 11.4 Å². The molecule has 0 saturated carbocycles. The molecule has 0 radical (unpaired) electrons. The smallest absolute Gasteiger partial charge is 0.159 e. The van der Waals surface area contributed by atoms with Gasteiger partial charge in [0, 0.05) is 29.4 Å². The fourth-order valence-corrected chi connectivity index (χ4v) is 2.11. The summed E-state index contributed by atoms with van der Waals surface area (Å²) in [5, 5.41) is 13.3. The van der Waals surface area contributed by atoms with E-state index >= 15 is 0 Å². The van der Waals surface area contributed by atoms with Crippen molar-refractivity contribution in [2.24, 2.45) is 5.92 Å². The van der Waals surface area contributed by atoms with Gasteiger partial charge in [-0.15, -0.1) is 0 Å². The van der Waals surface area contributed by atoms with Crippen LogP contribution in [0.2, 0.25) is 5.02 Å². The molecule has 112 valence electrons. The largest absolute Gasteiger partial charge is 0.395 e. The quantitative estimate of drug-likeness (QED) is 0.861. The minimum absolute atomic E-state index is 0.0685. The molecule has 2 rings (SSSR count). The first-order valence-electron chi connectivity index (χ1n) is 7.02. The molecule has 2 N–H and O–H groups in total. The van der Waals surface area contributed by atoms with E-state index in [0.29, 0.717) is 23.3 Å². The first-order chi connectivity index (χ1) is 10.1. The molecule has 5 heteroatoms. The third-order valence-electron chi connectivity index (χ3n) is 3.36. The van der Waals surface area contributed by atoms with Crippen LogP contribution >= 0.6 is 11.6 Å². The maximum absolute atomic E-state index is 9.33. The number of hydrogen-bond acceptors (Lipinski definition) is 4. The monoisotopic (exact) mass is 305 g/mol. The SMILES string of the molecule is CC(C)[C@H](CO)NCc1ccnc(-c2ccc(Cl)cc2)n1. The zero-order valence-corrected chi connectivity index (χ0v) is 13.0. The average molecular weight is 306 g/mol. The number of hydrogen-bond donors (Lipinski definition) is 2. The Labute approximate surface area is 130 Å². The lowest BCUT2D eigenvalue weighted by Crippen LogP contribution is -2.36. The third-order valence-corrected chi connectivity index (χ3v) is 3.61. The van der Waals surface area contributed by atoms with Crippen molar-refractivity contribution in [2.45, 2.75) is 26.4 Å². The number of aliphatic hydroxyl groups is 1. The first kappa shape index (κ1) is 15.9. The van der Waals surface area contributed by atoms with Crippen LogP contribution in [0.1, 0.15) is 19.5 Å². The summed E-state index contributed by atoms with van der Waals surface area (Å²) >= 11 is 5.89. The minimum atomic E-state index is 0.0685. The van der Waals surface area contributed by atoms with E-state index in [-0.39, 0.29) is 12.6 Å². The van der Waals surface area contributed by atoms with Crippen LogP contribution in [0.3, 0.4) is 0 Å². The summed E-state index contributed by atoms with van der Waals surface area (Å²) in [6.45, 7) is 4.87. The molecule has 0 fully saturated rings. The zero-order valence-electron chi connectivity index (χ0n) is 12.3. The van der Waals surface area contributed by atoms with Crippen LogP contribution in [-0.2, 0) is 6.54 Å². The van der Waals surface area contributed by atoms with Gasteiger partial charge in [0.1, 0.15) is 0 Å². The highest BCUT2D eigenvalue weighted by Crippen LogP contribution is 2.18.